The number of carbonyl (C=O) groups excluding carboxylic acids is 1. The average Bonchev–Trinajstić information content (AvgIpc) is 3.11. The van der Waals surface area contributed by atoms with Crippen LogP contribution in [0.25, 0.3) is 10.9 Å². The lowest BCUT2D eigenvalue weighted by molar-refractivity contribution is -0.126. The van der Waals surface area contributed by atoms with Gasteiger partial charge >= 0.3 is 0 Å². The molecule has 1 amide bonds. The third-order valence-electron chi connectivity index (χ3n) is 5.98. The first-order chi connectivity index (χ1) is 13.7. The van der Waals surface area contributed by atoms with E-state index in [2.05, 4.69) is 39.5 Å². The van der Waals surface area contributed by atoms with E-state index in [4.69, 9.17) is 9.47 Å². The molecule has 0 bridgehead atoms. The molecule has 1 N–H and O–H groups in total. The van der Waals surface area contributed by atoms with E-state index in [9.17, 15) is 4.79 Å². The van der Waals surface area contributed by atoms with E-state index in [0.717, 1.165) is 50.8 Å². The molecule has 1 atom stereocenters. The number of fused-ring (bicyclic) bond motifs is 1. The number of hydrogen-bond donors (Lipinski definition) is 1. The number of carbonyl (C=O) groups is 1. The van der Waals surface area contributed by atoms with Crippen LogP contribution in [0, 0.1) is 0 Å². The molecular formula is C22H29N3O3. The summed E-state index contributed by atoms with van der Waals surface area (Å²) in [5.41, 5.74) is 2.37. The lowest BCUT2D eigenvalue weighted by Crippen LogP contribution is -2.45. The second kappa shape index (κ2) is 8.55. The van der Waals surface area contributed by atoms with Crippen molar-refractivity contribution in [2.24, 2.45) is 0 Å². The highest BCUT2D eigenvalue weighted by Crippen LogP contribution is 2.39. The Hall–Kier alpha value is -2.02. The van der Waals surface area contributed by atoms with Crippen LogP contribution in [0.15, 0.2) is 36.5 Å². The van der Waals surface area contributed by atoms with Gasteiger partial charge in [-0.1, -0.05) is 18.2 Å². The first kappa shape index (κ1) is 19.3. The van der Waals surface area contributed by atoms with E-state index in [1.165, 1.54) is 18.1 Å². The van der Waals surface area contributed by atoms with Crippen LogP contribution in [-0.4, -0.2) is 60.8 Å². The van der Waals surface area contributed by atoms with Gasteiger partial charge in [0.2, 0.25) is 5.91 Å². The summed E-state index contributed by atoms with van der Waals surface area (Å²) < 4.78 is 11.2. The molecule has 1 aromatic carbocycles. The Kier molecular flexibility index (Phi) is 5.90. The fourth-order valence-electron chi connectivity index (χ4n) is 4.40. The molecule has 6 nitrogen and oxygen atoms in total. The van der Waals surface area contributed by atoms with Gasteiger partial charge in [0, 0.05) is 44.9 Å². The zero-order valence-electron chi connectivity index (χ0n) is 16.5. The molecule has 1 aromatic heterocycles. The quantitative estimate of drug-likeness (QED) is 0.830. The summed E-state index contributed by atoms with van der Waals surface area (Å²) in [7, 11) is 1.53. The summed E-state index contributed by atoms with van der Waals surface area (Å²) in [5, 5.41) is 4.09. The Labute approximate surface area is 166 Å². The number of nitrogens with one attached hydrogen (secondary N) is 1. The molecule has 1 unspecified atom stereocenters. The SMILES string of the molecule is COCC(=O)NCC1CCC2(CCN(Cc3ccc4cccnc4c3)CC2)O1. The maximum absolute atomic E-state index is 11.6. The second-order valence-electron chi connectivity index (χ2n) is 8.01. The van der Waals surface area contributed by atoms with Gasteiger partial charge in [-0.25, -0.2) is 0 Å². The van der Waals surface area contributed by atoms with Crippen molar-refractivity contribution in [3.05, 3.63) is 42.1 Å². The Morgan fingerprint density at radius 3 is 3.00 bits per heavy atom. The van der Waals surface area contributed by atoms with Gasteiger partial charge in [0.25, 0.3) is 0 Å². The third-order valence-corrected chi connectivity index (χ3v) is 5.98. The van der Waals surface area contributed by atoms with Crippen molar-refractivity contribution in [2.45, 2.75) is 43.9 Å². The van der Waals surface area contributed by atoms with E-state index in [1.807, 2.05) is 12.3 Å². The molecule has 2 aliphatic rings. The highest BCUT2D eigenvalue weighted by molar-refractivity contribution is 5.78. The number of pyridine rings is 1. The van der Waals surface area contributed by atoms with E-state index in [0.29, 0.717) is 6.54 Å². The van der Waals surface area contributed by atoms with E-state index >= 15 is 0 Å². The minimum absolute atomic E-state index is 0.00189. The van der Waals surface area contributed by atoms with Gasteiger partial charge in [0.1, 0.15) is 6.61 Å². The van der Waals surface area contributed by atoms with Crippen LogP contribution in [-0.2, 0) is 20.8 Å². The number of benzene rings is 1. The number of nitrogens with zero attached hydrogens (tertiary/aromatic N) is 2. The van der Waals surface area contributed by atoms with Gasteiger partial charge in [-0.3, -0.25) is 14.7 Å². The van der Waals surface area contributed by atoms with Crippen LogP contribution in [0.3, 0.4) is 0 Å². The van der Waals surface area contributed by atoms with Crippen molar-refractivity contribution < 1.29 is 14.3 Å². The molecule has 3 heterocycles. The van der Waals surface area contributed by atoms with Crippen molar-refractivity contribution in [1.29, 1.82) is 0 Å². The number of piperidine rings is 1. The van der Waals surface area contributed by atoms with Crippen molar-refractivity contribution in [3.8, 4) is 0 Å². The predicted octanol–water partition coefficient (Wildman–Crippen LogP) is 2.51. The van der Waals surface area contributed by atoms with Crippen LogP contribution in [0.1, 0.15) is 31.2 Å². The molecule has 2 aromatic rings. The van der Waals surface area contributed by atoms with Crippen LogP contribution in [0.4, 0.5) is 0 Å². The summed E-state index contributed by atoms with van der Waals surface area (Å²) in [4.78, 5) is 18.5. The molecule has 0 radical (unpaired) electrons. The lowest BCUT2D eigenvalue weighted by Gasteiger charge is -2.39. The van der Waals surface area contributed by atoms with Crippen LogP contribution in [0.2, 0.25) is 0 Å². The number of hydrogen-bond acceptors (Lipinski definition) is 5. The maximum atomic E-state index is 11.6. The molecule has 4 rings (SSSR count). The number of likely N-dealkylation sites (tertiary alicyclic amines) is 1. The molecule has 0 saturated carbocycles. The monoisotopic (exact) mass is 383 g/mol. The topological polar surface area (TPSA) is 63.7 Å². The number of aromatic nitrogens is 1. The third kappa shape index (κ3) is 4.51. The van der Waals surface area contributed by atoms with E-state index in [1.54, 1.807) is 0 Å². The van der Waals surface area contributed by atoms with Crippen LogP contribution >= 0.6 is 0 Å². The maximum Gasteiger partial charge on any atom is 0.246 e. The lowest BCUT2D eigenvalue weighted by atomic mass is 9.88. The van der Waals surface area contributed by atoms with Crippen molar-refractivity contribution >= 4 is 16.8 Å². The highest BCUT2D eigenvalue weighted by atomic mass is 16.5. The van der Waals surface area contributed by atoms with Crippen molar-refractivity contribution in [1.82, 2.24) is 15.2 Å². The average molecular weight is 383 g/mol. The molecule has 150 valence electrons. The Balaban J connectivity index is 1.26. The first-order valence-electron chi connectivity index (χ1n) is 10.2. The standard InChI is InChI=1S/C22H29N3O3/c1-27-16-21(26)24-14-19-6-7-22(28-19)8-11-25(12-9-22)15-17-4-5-18-3-2-10-23-20(18)13-17/h2-5,10,13,19H,6-9,11-12,14-16H2,1H3,(H,24,26). The van der Waals surface area contributed by atoms with E-state index in [-0.39, 0.29) is 24.2 Å². The fourth-order valence-corrected chi connectivity index (χ4v) is 4.40. The number of methoxy groups -OCH3 is 1. The number of amides is 1. The van der Waals surface area contributed by atoms with Gasteiger partial charge < -0.3 is 14.8 Å². The molecule has 0 aliphatic carbocycles. The molecule has 6 heteroatoms. The molecular weight excluding hydrogens is 354 g/mol. The summed E-state index contributed by atoms with van der Waals surface area (Å²) in [6.45, 7) is 3.74. The molecule has 28 heavy (non-hydrogen) atoms. The van der Waals surface area contributed by atoms with Gasteiger partial charge in [-0.15, -0.1) is 0 Å². The van der Waals surface area contributed by atoms with Crippen molar-refractivity contribution in [3.63, 3.8) is 0 Å². The normalized spacial score (nSPS) is 22.0. The summed E-state index contributed by atoms with van der Waals surface area (Å²) >= 11 is 0. The highest BCUT2D eigenvalue weighted by Gasteiger charge is 2.42. The van der Waals surface area contributed by atoms with Gasteiger partial charge in [-0.2, -0.15) is 0 Å². The molecule has 2 saturated heterocycles. The first-order valence-corrected chi connectivity index (χ1v) is 10.2. The zero-order valence-corrected chi connectivity index (χ0v) is 16.5. The van der Waals surface area contributed by atoms with Crippen LogP contribution < -0.4 is 5.32 Å². The second-order valence-corrected chi connectivity index (χ2v) is 8.01. The molecule has 2 aliphatic heterocycles. The van der Waals surface area contributed by atoms with Crippen molar-refractivity contribution in [2.75, 3.05) is 33.4 Å². The Morgan fingerprint density at radius 2 is 2.18 bits per heavy atom. The summed E-state index contributed by atoms with van der Waals surface area (Å²) in [6.07, 6.45) is 6.19. The predicted molar refractivity (Wildman–Crippen MR) is 108 cm³/mol. The van der Waals surface area contributed by atoms with E-state index < -0.39 is 0 Å². The fraction of sp³-hybridized carbons (Fsp3) is 0.545. The minimum Gasteiger partial charge on any atom is -0.375 e. The van der Waals surface area contributed by atoms with Gasteiger partial charge in [-0.05, 0) is 43.4 Å². The number of rotatable bonds is 6. The van der Waals surface area contributed by atoms with Gasteiger partial charge in [0.15, 0.2) is 0 Å². The Bertz CT molecular complexity index is 818. The minimum atomic E-state index is -0.0771. The molecule has 1 spiro atoms. The summed E-state index contributed by atoms with van der Waals surface area (Å²) in [6, 6.07) is 10.6. The smallest absolute Gasteiger partial charge is 0.246 e. The largest absolute Gasteiger partial charge is 0.375 e. The number of ether oxygens (including phenoxy) is 2. The molecule has 2 fully saturated rings. The van der Waals surface area contributed by atoms with Gasteiger partial charge in [0.05, 0.1) is 17.2 Å². The summed E-state index contributed by atoms with van der Waals surface area (Å²) in [5.74, 6) is -0.0771. The van der Waals surface area contributed by atoms with Crippen LogP contribution in [0.5, 0.6) is 0 Å². The zero-order chi connectivity index (χ0) is 19.4. The Morgan fingerprint density at radius 1 is 1.32 bits per heavy atom.